The molecule has 0 bridgehead atoms. The summed E-state index contributed by atoms with van der Waals surface area (Å²) < 4.78 is 28.1. The number of halogens is 1. The molecule has 0 aliphatic heterocycles. The highest BCUT2D eigenvalue weighted by atomic mass is 35.5. The zero-order chi connectivity index (χ0) is 21.0. The maximum atomic E-state index is 12.7. The predicted octanol–water partition coefficient (Wildman–Crippen LogP) is 2.81. The summed E-state index contributed by atoms with van der Waals surface area (Å²) in [6, 6.07) is 9.58. The van der Waals surface area contributed by atoms with Crippen molar-refractivity contribution in [3.05, 3.63) is 69.8 Å². The van der Waals surface area contributed by atoms with Crippen LogP contribution in [-0.4, -0.2) is 37.2 Å². The van der Waals surface area contributed by atoms with Crippen LogP contribution in [0.15, 0.2) is 47.4 Å². The highest BCUT2D eigenvalue weighted by Crippen LogP contribution is 2.28. The molecule has 154 valence electrons. The van der Waals surface area contributed by atoms with E-state index in [-0.39, 0.29) is 17.5 Å². The largest absolute Gasteiger partial charge is 0.478 e. The second-order valence-corrected chi connectivity index (χ2v) is 9.13. The number of rotatable bonds is 7. The molecule has 1 atom stereocenters. The summed E-state index contributed by atoms with van der Waals surface area (Å²) in [4.78, 5) is 11.1. The number of nitrogens with one attached hydrogen (secondary N) is 1. The van der Waals surface area contributed by atoms with Crippen molar-refractivity contribution in [3.63, 3.8) is 0 Å². The Bertz CT molecular complexity index is 1030. The molecule has 8 heteroatoms. The molecule has 2 aromatic rings. The van der Waals surface area contributed by atoms with Gasteiger partial charge in [0.1, 0.15) is 0 Å². The van der Waals surface area contributed by atoms with Crippen LogP contribution < -0.4 is 4.72 Å². The van der Waals surface area contributed by atoms with Gasteiger partial charge >= 0.3 is 5.97 Å². The van der Waals surface area contributed by atoms with Gasteiger partial charge in [-0.05, 0) is 78.3 Å². The van der Waals surface area contributed by atoms with Crippen LogP contribution in [0.2, 0.25) is 5.02 Å². The van der Waals surface area contributed by atoms with Crippen LogP contribution in [0.4, 0.5) is 0 Å². The van der Waals surface area contributed by atoms with E-state index in [2.05, 4.69) is 4.72 Å². The minimum absolute atomic E-state index is 0.0203. The van der Waals surface area contributed by atoms with Gasteiger partial charge in [-0.15, -0.1) is 0 Å². The fourth-order valence-electron chi connectivity index (χ4n) is 3.58. The highest BCUT2D eigenvalue weighted by Gasteiger charge is 2.26. The minimum atomic E-state index is -3.67. The normalized spacial score (nSPS) is 16.7. The summed E-state index contributed by atoms with van der Waals surface area (Å²) in [6.45, 7) is -0.0203. The fourth-order valence-corrected chi connectivity index (χ4v) is 4.98. The van der Waals surface area contributed by atoms with Gasteiger partial charge < -0.3 is 10.2 Å². The lowest BCUT2D eigenvalue weighted by atomic mass is 9.84. The van der Waals surface area contributed by atoms with Crippen molar-refractivity contribution in [1.82, 2.24) is 4.72 Å². The van der Waals surface area contributed by atoms with Gasteiger partial charge in [-0.2, -0.15) is 0 Å². The van der Waals surface area contributed by atoms with E-state index >= 15 is 0 Å². The second kappa shape index (κ2) is 9.09. The van der Waals surface area contributed by atoms with Crippen LogP contribution in [0.25, 0.3) is 6.08 Å². The maximum absolute atomic E-state index is 12.7. The molecule has 0 amide bonds. The number of aliphatic hydroxyl groups excluding tert-OH is 1. The number of carbonyl (C=O) groups is 1. The molecule has 0 fully saturated rings. The van der Waals surface area contributed by atoms with Crippen molar-refractivity contribution in [1.29, 1.82) is 0 Å². The summed E-state index contributed by atoms with van der Waals surface area (Å²) in [5.41, 5.74) is 3.67. The Morgan fingerprint density at radius 1 is 1.24 bits per heavy atom. The van der Waals surface area contributed by atoms with E-state index in [4.69, 9.17) is 16.7 Å². The van der Waals surface area contributed by atoms with E-state index in [1.54, 1.807) is 6.08 Å². The van der Waals surface area contributed by atoms with Gasteiger partial charge in [0.05, 0.1) is 4.90 Å². The average Bonchev–Trinajstić information content (AvgIpc) is 2.66. The summed E-state index contributed by atoms with van der Waals surface area (Å²) >= 11 is 5.84. The van der Waals surface area contributed by atoms with Crippen molar-refractivity contribution in [2.45, 2.75) is 36.6 Å². The molecule has 1 aliphatic carbocycles. The standard InChI is InChI=1S/C21H22ClNO5S/c22-17-2-5-19(6-3-17)29(27,28)23-18-4-7-20-15(1-8-21(25)26)11-14(9-10-24)12-16(20)13-18/h1-3,5-6,8,11-12,18,23-24H,4,7,9-10,13H2,(H,25,26)/b8-1+. The number of hydrogen-bond donors (Lipinski definition) is 3. The molecule has 1 unspecified atom stereocenters. The number of hydrogen-bond acceptors (Lipinski definition) is 4. The van der Waals surface area contributed by atoms with Crippen LogP contribution in [0.5, 0.6) is 0 Å². The molecule has 3 N–H and O–H groups in total. The fraction of sp³-hybridized carbons (Fsp3) is 0.286. The highest BCUT2D eigenvalue weighted by molar-refractivity contribution is 7.89. The number of sulfonamides is 1. The van der Waals surface area contributed by atoms with E-state index in [1.807, 2.05) is 12.1 Å². The van der Waals surface area contributed by atoms with Gasteiger partial charge in [-0.25, -0.2) is 17.9 Å². The van der Waals surface area contributed by atoms with Crippen molar-refractivity contribution >= 4 is 33.7 Å². The molecule has 0 heterocycles. The molecule has 0 saturated carbocycles. The first kappa shape index (κ1) is 21.5. The minimum Gasteiger partial charge on any atom is -0.478 e. The first-order valence-electron chi connectivity index (χ1n) is 9.23. The number of carboxylic acid groups (broad SMARTS) is 1. The second-order valence-electron chi connectivity index (χ2n) is 6.98. The summed E-state index contributed by atoms with van der Waals surface area (Å²) in [6.07, 6.45) is 4.82. The van der Waals surface area contributed by atoms with Crippen LogP contribution in [-0.2, 0) is 34.1 Å². The molecular weight excluding hydrogens is 414 g/mol. The molecular formula is C21H22ClNO5S. The van der Waals surface area contributed by atoms with Crippen molar-refractivity contribution in [2.75, 3.05) is 6.61 Å². The van der Waals surface area contributed by atoms with E-state index in [1.165, 1.54) is 24.3 Å². The third-order valence-electron chi connectivity index (χ3n) is 4.90. The Kier molecular flexibility index (Phi) is 6.74. The molecule has 0 spiro atoms. The van der Waals surface area contributed by atoms with Gasteiger partial charge in [-0.3, -0.25) is 0 Å². The molecule has 3 rings (SSSR count). The lowest BCUT2D eigenvalue weighted by Crippen LogP contribution is -2.39. The molecule has 6 nitrogen and oxygen atoms in total. The number of aliphatic carboxylic acids is 1. The molecule has 29 heavy (non-hydrogen) atoms. The topological polar surface area (TPSA) is 104 Å². The quantitative estimate of drug-likeness (QED) is 0.580. The molecule has 2 aromatic carbocycles. The van der Waals surface area contributed by atoms with Crippen LogP contribution >= 0.6 is 11.6 Å². The first-order valence-corrected chi connectivity index (χ1v) is 11.1. The lowest BCUT2D eigenvalue weighted by Gasteiger charge is -2.27. The van der Waals surface area contributed by atoms with Crippen LogP contribution in [0, 0.1) is 0 Å². The van der Waals surface area contributed by atoms with Crippen LogP contribution in [0.1, 0.15) is 28.7 Å². The molecule has 0 aromatic heterocycles. The summed E-state index contributed by atoms with van der Waals surface area (Å²) in [7, 11) is -3.67. The van der Waals surface area contributed by atoms with E-state index in [0.29, 0.717) is 30.7 Å². The van der Waals surface area contributed by atoms with E-state index in [9.17, 15) is 18.3 Å². The Morgan fingerprint density at radius 3 is 2.62 bits per heavy atom. The maximum Gasteiger partial charge on any atom is 0.328 e. The molecule has 1 aliphatic rings. The van der Waals surface area contributed by atoms with E-state index in [0.717, 1.165) is 28.3 Å². The number of benzene rings is 2. The number of fused-ring (bicyclic) bond motifs is 1. The van der Waals surface area contributed by atoms with Gasteiger partial charge in [-0.1, -0.05) is 23.7 Å². The third kappa shape index (κ3) is 5.45. The SMILES string of the molecule is O=C(O)/C=C/c1cc(CCO)cc2c1CCC(NS(=O)(=O)c1ccc(Cl)cc1)C2. The van der Waals surface area contributed by atoms with Gasteiger partial charge in [0.2, 0.25) is 10.0 Å². The lowest BCUT2D eigenvalue weighted by molar-refractivity contribution is -0.131. The van der Waals surface area contributed by atoms with Gasteiger partial charge in [0, 0.05) is 23.7 Å². The summed E-state index contributed by atoms with van der Waals surface area (Å²) in [5, 5.41) is 18.7. The van der Waals surface area contributed by atoms with E-state index < -0.39 is 16.0 Å². The number of aliphatic hydroxyl groups is 1. The number of carboxylic acids is 1. The third-order valence-corrected chi connectivity index (χ3v) is 6.69. The van der Waals surface area contributed by atoms with Gasteiger partial charge in [0.15, 0.2) is 0 Å². The van der Waals surface area contributed by atoms with Crippen LogP contribution in [0.3, 0.4) is 0 Å². The Morgan fingerprint density at radius 2 is 1.97 bits per heavy atom. The van der Waals surface area contributed by atoms with Crippen molar-refractivity contribution in [2.24, 2.45) is 0 Å². The molecule has 0 radical (unpaired) electrons. The van der Waals surface area contributed by atoms with Gasteiger partial charge in [0.25, 0.3) is 0 Å². The zero-order valence-electron chi connectivity index (χ0n) is 15.6. The average molecular weight is 436 g/mol. The molecule has 0 saturated heterocycles. The Labute approximate surface area is 174 Å². The van der Waals surface area contributed by atoms with Crippen molar-refractivity contribution in [3.8, 4) is 0 Å². The van der Waals surface area contributed by atoms with Crippen molar-refractivity contribution < 1.29 is 23.4 Å². The monoisotopic (exact) mass is 435 g/mol. The Balaban J connectivity index is 1.85. The summed E-state index contributed by atoms with van der Waals surface area (Å²) in [5.74, 6) is -1.03. The first-order chi connectivity index (χ1) is 13.8. The predicted molar refractivity (Wildman–Crippen MR) is 111 cm³/mol. The smallest absolute Gasteiger partial charge is 0.328 e. The zero-order valence-corrected chi connectivity index (χ0v) is 17.2. The Hall–Kier alpha value is -2.19.